The van der Waals surface area contributed by atoms with Crippen LogP contribution in [0.15, 0.2) is 79.5 Å². The van der Waals surface area contributed by atoms with Crippen LogP contribution < -0.4 is 15.5 Å². The van der Waals surface area contributed by atoms with Crippen molar-refractivity contribution in [3.63, 3.8) is 0 Å². The van der Waals surface area contributed by atoms with E-state index >= 15 is 0 Å². The summed E-state index contributed by atoms with van der Waals surface area (Å²) in [4.78, 5) is 47.4. The summed E-state index contributed by atoms with van der Waals surface area (Å²) in [7, 11) is 0. The molecule has 184 valence electrons. The number of pyridine rings is 1. The Balaban J connectivity index is 1.34. The van der Waals surface area contributed by atoms with Crippen molar-refractivity contribution < 1.29 is 14.4 Å². The quantitative estimate of drug-likeness (QED) is 0.363. The summed E-state index contributed by atoms with van der Waals surface area (Å²) in [5, 5.41) is 6.69. The van der Waals surface area contributed by atoms with Gasteiger partial charge in [-0.1, -0.05) is 49.0 Å². The number of carbonyl (C=O) groups excluding carboxylic acids is 3. The van der Waals surface area contributed by atoms with Crippen LogP contribution in [0.25, 0.3) is 21.3 Å². The lowest BCUT2D eigenvalue weighted by molar-refractivity contribution is -0.125. The van der Waals surface area contributed by atoms with Crippen molar-refractivity contribution in [1.29, 1.82) is 0 Å². The zero-order valence-electron chi connectivity index (χ0n) is 19.8. The maximum atomic E-state index is 13.4. The summed E-state index contributed by atoms with van der Waals surface area (Å²) in [6.45, 7) is 4.52. The second-order valence-corrected chi connectivity index (χ2v) is 9.94. The number of carbonyl (C=O) groups is 3. The predicted molar refractivity (Wildman–Crippen MR) is 145 cm³/mol. The molecule has 2 aliphatic heterocycles. The minimum Gasteiger partial charge on any atom is -0.347 e. The van der Waals surface area contributed by atoms with E-state index in [1.165, 1.54) is 17.4 Å². The van der Waals surface area contributed by atoms with Gasteiger partial charge in [0, 0.05) is 25.3 Å². The van der Waals surface area contributed by atoms with Crippen molar-refractivity contribution in [2.24, 2.45) is 0 Å². The van der Waals surface area contributed by atoms with Crippen LogP contribution in [-0.2, 0) is 4.79 Å². The van der Waals surface area contributed by atoms with Crippen molar-refractivity contribution in [2.45, 2.75) is 12.5 Å². The lowest BCUT2D eigenvalue weighted by Gasteiger charge is -2.28. The third-order valence-corrected chi connectivity index (χ3v) is 7.77. The highest BCUT2D eigenvalue weighted by Crippen LogP contribution is 2.46. The predicted octanol–water partition coefficient (Wildman–Crippen LogP) is 5.16. The molecule has 1 saturated heterocycles. The van der Waals surface area contributed by atoms with Gasteiger partial charge in [-0.05, 0) is 41.8 Å². The Kier molecular flexibility index (Phi) is 5.69. The van der Waals surface area contributed by atoms with E-state index in [0.717, 1.165) is 16.5 Å². The van der Waals surface area contributed by atoms with E-state index < -0.39 is 0 Å². The zero-order valence-corrected chi connectivity index (χ0v) is 20.6. The van der Waals surface area contributed by atoms with E-state index in [0.29, 0.717) is 46.3 Å². The van der Waals surface area contributed by atoms with E-state index in [4.69, 9.17) is 0 Å². The summed E-state index contributed by atoms with van der Waals surface area (Å²) in [6.07, 6.45) is 3.60. The van der Waals surface area contributed by atoms with Gasteiger partial charge in [0.2, 0.25) is 5.91 Å². The number of amides is 4. The van der Waals surface area contributed by atoms with Crippen LogP contribution in [0.5, 0.6) is 0 Å². The SMILES string of the molecule is C=CC(=O)N1CC[C@@H](NC(=O)c2sc3nccc4c3c2NC(=O)N4c2cccc(-c3ccccc3)c2)C1. The van der Waals surface area contributed by atoms with Gasteiger partial charge < -0.3 is 15.5 Å². The third-order valence-electron chi connectivity index (χ3n) is 6.67. The number of rotatable bonds is 5. The molecule has 0 radical (unpaired) electrons. The van der Waals surface area contributed by atoms with E-state index in [1.54, 1.807) is 22.1 Å². The summed E-state index contributed by atoms with van der Waals surface area (Å²) in [5.74, 6) is -0.437. The average Bonchev–Trinajstić information content (AvgIpc) is 3.54. The molecule has 6 rings (SSSR count). The fourth-order valence-electron chi connectivity index (χ4n) is 4.91. The molecule has 4 amide bonds. The van der Waals surface area contributed by atoms with Crippen LogP contribution in [0.2, 0.25) is 0 Å². The normalized spacial score (nSPS) is 16.5. The highest BCUT2D eigenvalue weighted by molar-refractivity contribution is 7.21. The van der Waals surface area contributed by atoms with Crippen molar-refractivity contribution in [2.75, 3.05) is 23.3 Å². The summed E-state index contributed by atoms with van der Waals surface area (Å²) in [6, 6.07) is 19.1. The first-order valence-electron chi connectivity index (χ1n) is 11.9. The number of anilines is 3. The molecule has 1 fully saturated rings. The third kappa shape index (κ3) is 4.03. The standard InChI is InChI=1S/C28H23N5O3S/c1-2-22(34)32-14-12-19(16-32)30-26(35)25-24-23-21(11-13-29-27(23)37-25)33(28(36)31-24)20-10-6-9-18(15-20)17-7-4-3-5-8-17/h2-11,13,15,19H,1,12,14,16H2,(H,30,35)(H,31,36)/t19-/m1/s1. The lowest BCUT2D eigenvalue weighted by Crippen LogP contribution is -2.39. The van der Waals surface area contributed by atoms with Gasteiger partial charge in [0.25, 0.3) is 5.91 Å². The van der Waals surface area contributed by atoms with Gasteiger partial charge in [-0.3, -0.25) is 14.5 Å². The van der Waals surface area contributed by atoms with Crippen molar-refractivity contribution in [1.82, 2.24) is 15.2 Å². The molecule has 0 unspecified atom stereocenters. The highest BCUT2D eigenvalue weighted by Gasteiger charge is 2.34. The molecule has 0 bridgehead atoms. The molecule has 2 aromatic heterocycles. The number of hydrogen-bond acceptors (Lipinski definition) is 5. The fourth-order valence-corrected chi connectivity index (χ4v) is 5.94. The molecule has 37 heavy (non-hydrogen) atoms. The van der Waals surface area contributed by atoms with E-state index in [2.05, 4.69) is 22.2 Å². The van der Waals surface area contributed by atoms with Crippen molar-refractivity contribution >= 4 is 56.5 Å². The average molecular weight is 510 g/mol. The Hall–Kier alpha value is -4.50. The molecule has 0 aliphatic carbocycles. The zero-order chi connectivity index (χ0) is 25.5. The number of likely N-dealkylation sites (tertiary alicyclic amines) is 1. The number of hydrogen-bond donors (Lipinski definition) is 2. The molecular formula is C28H23N5O3S. The van der Waals surface area contributed by atoms with Crippen molar-refractivity contribution in [3.05, 3.63) is 84.4 Å². The molecule has 0 saturated carbocycles. The van der Waals surface area contributed by atoms with Crippen molar-refractivity contribution in [3.8, 4) is 11.1 Å². The van der Waals surface area contributed by atoms with Gasteiger partial charge >= 0.3 is 6.03 Å². The number of thiophene rings is 1. The molecule has 4 heterocycles. The number of nitrogens with zero attached hydrogens (tertiary/aromatic N) is 3. The van der Waals surface area contributed by atoms with E-state index in [-0.39, 0.29) is 23.9 Å². The first-order chi connectivity index (χ1) is 18.0. The van der Waals surface area contributed by atoms with Gasteiger partial charge in [-0.15, -0.1) is 11.3 Å². The molecule has 0 spiro atoms. The molecule has 2 N–H and O–H groups in total. The molecule has 8 nitrogen and oxygen atoms in total. The molecule has 2 aromatic carbocycles. The smallest absolute Gasteiger partial charge is 0.331 e. The van der Waals surface area contributed by atoms with Gasteiger partial charge in [-0.25, -0.2) is 9.78 Å². The number of nitrogens with one attached hydrogen (secondary N) is 2. The Bertz CT molecular complexity index is 1560. The number of benzene rings is 2. The second-order valence-electron chi connectivity index (χ2n) is 8.95. The lowest BCUT2D eigenvalue weighted by atomic mass is 10.0. The van der Waals surface area contributed by atoms with Gasteiger partial charge in [0.1, 0.15) is 9.71 Å². The van der Waals surface area contributed by atoms with Gasteiger partial charge in [0.05, 0.1) is 22.4 Å². The minimum absolute atomic E-state index is 0.147. The van der Waals surface area contributed by atoms with Gasteiger partial charge in [0.15, 0.2) is 0 Å². The first kappa shape index (κ1) is 22.9. The topological polar surface area (TPSA) is 94.6 Å². The second kappa shape index (κ2) is 9.18. The Morgan fingerprint density at radius 1 is 1.11 bits per heavy atom. The maximum absolute atomic E-state index is 13.4. The van der Waals surface area contributed by atoms with E-state index in [9.17, 15) is 14.4 Å². The van der Waals surface area contributed by atoms with Gasteiger partial charge in [-0.2, -0.15) is 0 Å². The molecule has 1 atom stereocenters. The van der Waals surface area contributed by atoms with Crippen LogP contribution in [0.1, 0.15) is 16.1 Å². The maximum Gasteiger partial charge on any atom is 0.331 e. The summed E-state index contributed by atoms with van der Waals surface area (Å²) < 4.78 is 0. The van der Waals surface area contributed by atoms with Crippen LogP contribution in [-0.4, -0.2) is 46.9 Å². The van der Waals surface area contributed by atoms with E-state index in [1.807, 2.05) is 54.6 Å². The first-order valence-corrected chi connectivity index (χ1v) is 12.8. The minimum atomic E-state index is -0.346. The number of aromatic nitrogens is 1. The monoisotopic (exact) mass is 509 g/mol. The largest absolute Gasteiger partial charge is 0.347 e. The number of urea groups is 1. The van der Waals surface area contributed by atoms with Crippen LogP contribution in [0, 0.1) is 0 Å². The fraction of sp³-hybridized carbons (Fsp3) is 0.143. The molecular weight excluding hydrogens is 486 g/mol. The Morgan fingerprint density at radius 3 is 2.73 bits per heavy atom. The molecule has 2 aliphatic rings. The Labute approximate surface area is 217 Å². The Morgan fingerprint density at radius 2 is 1.92 bits per heavy atom. The van der Waals surface area contributed by atoms with Crippen LogP contribution in [0.3, 0.4) is 0 Å². The summed E-state index contributed by atoms with van der Waals surface area (Å²) >= 11 is 1.24. The highest BCUT2D eigenvalue weighted by atomic mass is 32.1. The summed E-state index contributed by atoms with van der Waals surface area (Å²) in [5.41, 5.74) is 3.91. The molecule has 4 aromatic rings. The molecule has 9 heteroatoms. The van der Waals surface area contributed by atoms with Crippen LogP contribution >= 0.6 is 11.3 Å². The van der Waals surface area contributed by atoms with Crippen LogP contribution in [0.4, 0.5) is 21.9 Å².